The first-order chi connectivity index (χ1) is 7.63. The number of carbonyl (C=O) groups is 1. The van der Waals surface area contributed by atoms with Gasteiger partial charge in [-0.15, -0.1) is 0 Å². The lowest BCUT2D eigenvalue weighted by atomic mass is 9.92. The number of hydrogen-bond donors (Lipinski definition) is 1. The van der Waals surface area contributed by atoms with Crippen LogP contribution < -0.4 is 5.32 Å². The second-order valence-electron chi connectivity index (χ2n) is 3.99. The van der Waals surface area contributed by atoms with Gasteiger partial charge in [-0.1, -0.05) is 28.9 Å². The monoisotopic (exact) mass is 283 g/mol. The van der Waals surface area contributed by atoms with Crippen molar-refractivity contribution in [3.05, 3.63) is 28.2 Å². The standard InChI is InChI=1S/C12H14BrNO2/c1-3-12(11(15)16-2)7-8-9(13)5-4-6-10(8)14-12/h4-6,14H,3,7H2,1-2H3. The number of methoxy groups -OCH3 is 1. The van der Waals surface area contributed by atoms with Crippen LogP contribution in [0, 0.1) is 0 Å². The SMILES string of the molecule is CCC1(C(=O)OC)Cc2c(Br)cccc2N1. The van der Waals surface area contributed by atoms with Crippen molar-refractivity contribution in [1.82, 2.24) is 0 Å². The van der Waals surface area contributed by atoms with Crippen molar-refractivity contribution in [3.8, 4) is 0 Å². The lowest BCUT2D eigenvalue weighted by molar-refractivity contribution is -0.145. The lowest BCUT2D eigenvalue weighted by Crippen LogP contribution is -2.45. The minimum Gasteiger partial charge on any atom is -0.467 e. The lowest BCUT2D eigenvalue weighted by Gasteiger charge is -2.25. The fraction of sp³-hybridized carbons (Fsp3) is 0.417. The van der Waals surface area contributed by atoms with Gasteiger partial charge in [0.1, 0.15) is 5.54 Å². The molecule has 1 unspecified atom stereocenters. The van der Waals surface area contributed by atoms with E-state index in [1.54, 1.807) is 0 Å². The summed E-state index contributed by atoms with van der Waals surface area (Å²) < 4.78 is 5.92. The Kier molecular flexibility index (Phi) is 2.93. The van der Waals surface area contributed by atoms with Gasteiger partial charge in [-0.25, -0.2) is 4.79 Å². The zero-order valence-electron chi connectivity index (χ0n) is 9.34. The summed E-state index contributed by atoms with van der Waals surface area (Å²) in [6.45, 7) is 1.99. The molecular weight excluding hydrogens is 270 g/mol. The second kappa shape index (κ2) is 4.09. The van der Waals surface area contributed by atoms with E-state index < -0.39 is 5.54 Å². The molecular formula is C12H14BrNO2. The number of ether oxygens (including phenoxy) is 1. The first kappa shape index (κ1) is 11.5. The molecule has 0 fully saturated rings. The quantitative estimate of drug-likeness (QED) is 0.849. The Morgan fingerprint density at radius 3 is 2.94 bits per heavy atom. The summed E-state index contributed by atoms with van der Waals surface area (Å²) in [4.78, 5) is 11.8. The summed E-state index contributed by atoms with van der Waals surface area (Å²) >= 11 is 3.51. The molecule has 0 spiro atoms. The Morgan fingerprint density at radius 2 is 2.38 bits per heavy atom. The van der Waals surface area contributed by atoms with Gasteiger partial charge < -0.3 is 10.1 Å². The molecule has 2 rings (SSSR count). The summed E-state index contributed by atoms with van der Waals surface area (Å²) in [6.07, 6.45) is 1.38. The molecule has 1 heterocycles. The van der Waals surface area contributed by atoms with Crippen LogP contribution in [0.4, 0.5) is 5.69 Å². The normalized spacial score (nSPS) is 22.4. The Bertz CT molecular complexity index is 433. The van der Waals surface area contributed by atoms with Crippen LogP contribution in [0.15, 0.2) is 22.7 Å². The van der Waals surface area contributed by atoms with Gasteiger partial charge in [0, 0.05) is 16.6 Å². The van der Waals surface area contributed by atoms with Crippen molar-refractivity contribution in [2.24, 2.45) is 0 Å². The number of benzene rings is 1. The summed E-state index contributed by atoms with van der Waals surface area (Å²) in [5.41, 5.74) is 1.57. The van der Waals surface area contributed by atoms with Gasteiger partial charge in [-0.05, 0) is 24.1 Å². The highest BCUT2D eigenvalue weighted by molar-refractivity contribution is 9.10. The van der Waals surface area contributed by atoms with E-state index in [2.05, 4.69) is 21.2 Å². The average Bonchev–Trinajstić information content (AvgIpc) is 2.69. The number of esters is 1. The van der Waals surface area contributed by atoms with Gasteiger partial charge >= 0.3 is 5.97 Å². The Labute approximate surface area is 103 Å². The van der Waals surface area contributed by atoms with Gasteiger partial charge in [-0.3, -0.25) is 0 Å². The third-order valence-corrected chi connectivity index (χ3v) is 3.89. The predicted molar refractivity (Wildman–Crippen MR) is 66.5 cm³/mol. The van der Waals surface area contributed by atoms with Crippen molar-refractivity contribution in [2.45, 2.75) is 25.3 Å². The Morgan fingerprint density at radius 1 is 1.62 bits per heavy atom. The molecule has 0 amide bonds. The van der Waals surface area contributed by atoms with Crippen LogP contribution in [0.25, 0.3) is 0 Å². The number of rotatable bonds is 2. The molecule has 1 N–H and O–H groups in total. The molecule has 1 aromatic rings. The van der Waals surface area contributed by atoms with Gasteiger partial charge in [0.05, 0.1) is 7.11 Å². The third kappa shape index (κ3) is 1.61. The number of nitrogens with one attached hydrogen (secondary N) is 1. The molecule has 0 aliphatic carbocycles. The van der Waals surface area contributed by atoms with Crippen molar-refractivity contribution in [3.63, 3.8) is 0 Å². The van der Waals surface area contributed by atoms with E-state index in [0.29, 0.717) is 12.8 Å². The molecule has 0 saturated heterocycles. The van der Waals surface area contributed by atoms with Crippen molar-refractivity contribution >= 4 is 27.6 Å². The van der Waals surface area contributed by atoms with Gasteiger partial charge in [0.25, 0.3) is 0 Å². The number of carbonyl (C=O) groups excluding carboxylic acids is 1. The van der Waals surface area contributed by atoms with E-state index in [4.69, 9.17) is 4.74 Å². The van der Waals surface area contributed by atoms with E-state index in [9.17, 15) is 4.79 Å². The largest absolute Gasteiger partial charge is 0.467 e. The molecule has 1 aromatic carbocycles. The fourth-order valence-electron chi connectivity index (χ4n) is 2.14. The minimum atomic E-state index is -0.596. The van der Waals surface area contributed by atoms with Gasteiger partial charge in [0.2, 0.25) is 0 Å². The molecule has 86 valence electrons. The van der Waals surface area contributed by atoms with E-state index in [1.165, 1.54) is 7.11 Å². The minimum absolute atomic E-state index is 0.196. The summed E-state index contributed by atoms with van der Waals surface area (Å²) in [5.74, 6) is -0.196. The molecule has 1 atom stereocenters. The number of anilines is 1. The zero-order chi connectivity index (χ0) is 11.8. The van der Waals surface area contributed by atoms with Crippen LogP contribution in [-0.2, 0) is 16.0 Å². The summed E-state index contributed by atoms with van der Waals surface area (Å²) in [6, 6.07) is 5.93. The van der Waals surface area contributed by atoms with E-state index in [0.717, 1.165) is 15.7 Å². The van der Waals surface area contributed by atoms with Crippen LogP contribution in [-0.4, -0.2) is 18.6 Å². The molecule has 0 saturated carbocycles. The van der Waals surface area contributed by atoms with Crippen LogP contribution in [0.5, 0.6) is 0 Å². The number of fused-ring (bicyclic) bond motifs is 1. The van der Waals surface area contributed by atoms with Crippen molar-refractivity contribution in [1.29, 1.82) is 0 Å². The highest BCUT2D eigenvalue weighted by atomic mass is 79.9. The molecule has 3 nitrogen and oxygen atoms in total. The maximum Gasteiger partial charge on any atom is 0.331 e. The predicted octanol–water partition coefficient (Wildman–Crippen LogP) is 2.74. The van der Waals surface area contributed by atoms with Crippen LogP contribution in [0.1, 0.15) is 18.9 Å². The first-order valence-corrected chi connectivity index (χ1v) is 6.06. The Hall–Kier alpha value is -1.03. The zero-order valence-corrected chi connectivity index (χ0v) is 10.9. The van der Waals surface area contributed by atoms with E-state index in [1.807, 2.05) is 25.1 Å². The molecule has 16 heavy (non-hydrogen) atoms. The Balaban J connectivity index is 2.39. The van der Waals surface area contributed by atoms with E-state index >= 15 is 0 Å². The number of halogens is 1. The summed E-state index contributed by atoms with van der Waals surface area (Å²) in [5, 5.41) is 3.28. The molecule has 0 bridgehead atoms. The third-order valence-electron chi connectivity index (χ3n) is 3.15. The highest BCUT2D eigenvalue weighted by Crippen LogP contribution is 2.39. The molecule has 0 radical (unpaired) electrons. The highest BCUT2D eigenvalue weighted by Gasteiger charge is 2.43. The van der Waals surface area contributed by atoms with Crippen molar-refractivity contribution in [2.75, 3.05) is 12.4 Å². The van der Waals surface area contributed by atoms with Crippen LogP contribution in [0.3, 0.4) is 0 Å². The fourth-order valence-corrected chi connectivity index (χ4v) is 2.64. The van der Waals surface area contributed by atoms with Crippen molar-refractivity contribution < 1.29 is 9.53 Å². The molecule has 1 aliphatic rings. The van der Waals surface area contributed by atoms with Gasteiger partial charge in [-0.2, -0.15) is 0 Å². The molecule has 4 heteroatoms. The topological polar surface area (TPSA) is 38.3 Å². The maximum atomic E-state index is 11.8. The van der Waals surface area contributed by atoms with Crippen LogP contribution in [0.2, 0.25) is 0 Å². The average molecular weight is 284 g/mol. The smallest absolute Gasteiger partial charge is 0.331 e. The maximum absolute atomic E-state index is 11.8. The van der Waals surface area contributed by atoms with E-state index in [-0.39, 0.29) is 5.97 Å². The van der Waals surface area contributed by atoms with Crippen LogP contribution >= 0.6 is 15.9 Å². The summed E-state index contributed by atoms with van der Waals surface area (Å²) in [7, 11) is 1.43. The number of hydrogen-bond acceptors (Lipinski definition) is 3. The first-order valence-electron chi connectivity index (χ1n) is 5.27. The molecule has 1 aliphatic heterocycles. The van der Waals surface area contributed by atoms with Gasteiger partial charge in [0.15, 0.2) is 0 Å². The second-order valence-corrected chi connectivity index (χ2v) is 4.85. The molecule has 0 aromatic heterocycles.